The number of hydrogen-bond acceptors (Lipinski definition) is 2. The summed E-state index contributed by atoms with van der Waals surface area (Å²) in [5, 5.41) is 3.18. The van der Waals surface area contributed by atoms with E-state index in [0.717, 1.165) is 43.7 Å². The molecule has 96 valence electrons. The van der Waals surface area contributed by atoms with E-state index in [2.05, 4.69) is 33.2 Å². The first kappa shape index (κ1) is 11.5. The van der Waals surface area contributed by atoms with Gasteiger partial charge in [-0.15, -0.1) is 0 Å². The molecule has 0 radical (unpaired) electrons. The highest BCUT2D eigenvalue weighted by Gasteiger charge is 2.25. The van der Waals surface area contributed by atoms with Crippen LogP contribution in [0.4, 0.5) is 0 Å². The zero-order chi connectivity index (χ0) is 12.5. The highest BCUT2D eigenvalue weighted by molar-refractivity contribution is 5.79. The van der Waals surface area contributed by atoms with Gasteiger partial charge in [0, 0.05) is 31.1 Å². The Morgan fingerprint density at radius 2 is 2.22 bits per heavy atom. The van der Waals surface area contributed by atoms with E-state index < -0.39 is 0 Å². The molecule has 1 aliphatic carbocycles. The van der Waals surface area contributed by atoms with Gasteiger partial charge in [-0.05, 0) is 26.2 Å². The molecule has 4 nitrogen and oxygen atoms in total. The second-order valence-corrected chi connectivity index (χ2v) is 5.33. The Kier molecular flexibility index (Phi) is 2.94. The minimum atomic E-state index is 0.163. The molecule has 1 aliphatic heterocycles. The number of aryl methyl sites for hydroxylation is 2. The summed E-state index contributed by atoms with van der Waals surface area (Å²) >= 11 is 0. The number of carbonyl (C=O) groups is 1. The van der Waals surface area contributed by atoms with Crippen LogP contribution in [0.15, 0.2) is 18.3 Å². The van der Waals surface area contributed by atoms with Crippen molar-refractivity contribution in [2.45, 2.75) is 45.2 Å². The number of nitrogens with one attached hydrogen (secondary N) is 1. The maximum absolute atomic E-state index is 12.1. The van der Waals surface area contributed by atoms with Crippen LogP contribution in [0.3, 0.4) is 0 Å². The van der Waals surface area contributed by atoms with Gasteiger partial charge in [0.2, 0.25) is 5.91 Å². The van der Waals surface area contributed by atoms with Gasteiger partial charge in [-0.1, -0.05) is 12.2 Å². The van der Waals surface area contributed by atoms with Crippen LogP contribution in [0.5, 0.6) is 0 Å². The maximum Gasteiger partial charge on any atom is 0.224 e. The second-order valence-electron chi connectivity index (χ2n) is 5.33. The number of hydrogen-bond donors (Lipinski definition) is 1. The molecule has 0 fully saturated rings. The van der Waals surface area contributed by atoms with Gasteiger partial charge in [-0.25, -0.2) is 4.98 Å². The number of aromatic nitrogens is 2. The first-order valence-corrected chi connectivity index (χ1v) is 6.70. The van der Waals surface area contributed by atoms with E-state index in [9.17, 15) is 4.79 Å². The van der Waals surface area contributed by atoms with Crippen molar-refractivity contribution < 1.29 is 4.79 Å². The number of imidazole rings is 1. The molecule has 3 rings (SSSR count). The Bertz CT molecular complexity index is 481. The monoisotopic (exact) mass is 245 g/mol. The quantitative estimate of drug-likeness (QED) is 0.804. The summed E-state index contributed by atoms with van der Waals surface area (Å²) in [7, 11) is 0. The molecule has 1 N–H and O–H groups in total. The highest BCUT2D eigenvalue weighted by Crippen LogP contribution is 2.20. The Balaban J connectivity index is 1.60. The molecule has 4 heteroatoms. The van der Waals surface area contributed by atoms with E-state index in [0.29, 0.717) is 0 Å². The predicted molar refractivity (Wildman–Crippen MR) is 69.1 cm³/mol. The normalized spacial score (nSPS) is 23.1. The maximum atomic E-state index is 12.1. The Labute approximate surface area is 107 Å². The fraction of sp³-hybridized carbons (Fsp3) is 0.571. The van der Waals surface area contributed by atoms with Crippen molar-refractivity contribution in [2.24, 2.45) is 5.92 Å². The molecule has 0 bridgehead atoms. The van der Waals surface area contributed by atoms with E-state index in [1.165, 1.54) is 0 Å². The predicted octanol–water partition coefficient (Wildman–Crippen LogP) is 1.59. The summed E-state index contributed by atoms with van der Waals surface area (Å²) in [6.07, 6.45) is 10.0. The Hall–Kier alpha value is -1.58. The third kappa shape index (κ3) is 2.19. The van der Waals surface area contributed by atoms with E-state index in [1.54, 1.807) is 0 Å². The van der Waals surface area contributed by atoms with Crippen LogP contribution in [0.25, 0.3) is 0 Å². The van der Waals surface area contributed by atoms with Gasteiger partial charge in [0.05, 0.1) is 5.69 Å². The number of rotatable bonds is 2. The largest absolute Gasteiger partial charge is 0.351 e. The molecule has 2 heterocycles. The fourth-order valence-electron chi connectivity index (χ4n) is 2.85. The number of carbonyl (C=O) groups excluding carboxylic acids is 1. The molecule has 0 saturated heterocycles. The Morgan fingerprint density at radius 3 is 3.00 bits per heavy atom. The molecule has 0 spiro atoms. The topological polar surface area (TPSA) is 46.9 Å². The minimum Gasteiger partial charge on any atom is -0.351 e. The molecule has 1 aromatic heterocycles. The van der Waals surface area contributed by atoms with Crippen molar-refractivity contribution in [2.75, 3.05) is 0 Å². The van der Waals surface area contributed by atoms with Gasteiger partial charge in [0.15, 0.2) is 0 Å². The molecule has 2 aliphatic rings. The van der Waals surface area contributed by atoms with E-state index in [4.69, 9.17) is 0 Å². The molecule has 1 aromatic rings. The molecule has 1 atom stereocenters. The summed E-state index contributed by atoms with van der Waals surface area (Å²) in [6.45, 7) is 2.88. The zero-order valence-electron chi connectivity index (χ0n) is 10.7. The van der Waals surface area contributed by atoms with Crippen molar-refractivity contribution in [3.63, 3.8) is 0 Å². The van der Waals surface area contributed by atoms with Gasteiger partial charge in [0.25, 0.3) is 0 Å². The third-order valence-electron chi connectivity index (χ3n) is 3.84. The molecular formula is C14H19N3O. The van der Waals surface area contributed by atoms with E-state index in [-0.39, 0.29) is 17.9 Å². The molecular weight excluding hydrogens is 226 g/mol. The van der Waals surface area contributed by atoms with Crippen LogP contribution in [0.2, 0.25) is 0 Å². The van der Waals surface area contributed by atoms with Gasteiger partial charge in [-0.2, -0.15) is 0 Å². The number of allylic oxidation sites excluding steroid dienone is 2. The van der Waals surface area contributed by atoms with E-state index >= 15 is 0 Å². The van der Waals surface area contributed by atoms with Crippen LogP contribution < -0.4 is 5.32 Å². The summed E-state index contributed by atoms with van der Waals surface area (Å²) in [5.41, 5.74) is 1.07. The highest BCUT2D eigenvalue weighted by atomic mass is 16.1. The van der Waals surface area contributed by atoms with Crippen molar-refractivity contribution in [1.82, 2.24) is 14.9 Å². The molecule has 0 saturated carbocycles. The molecule has 0 unspecified atom stereocenters. The molecule has 1 amide bonds. The minimum absolute atomic E-state index is 0.163. The SMILES string of the molecule is Cc1cn2c(n1)CC[C@@H](NC(=O)C1CC=CC1)C2. The molecule has 0 aromatic carbocycles. The second kappa shape index (κ2) is 4.59. The van der Waals surface area contributed by atoms with Crippen LogP contribution in [0.1, 0.15) is 30.8 Å². The lowest BCUT2D eigenvalue weighted by Gasteiger charge is -2.25. The average Bonchev–Trinajstić information content (AvgIpc) is 2.95. The lowest BCUT2D eigenvalue weighted by atomic mass is 10.0. The average molecular weight is 245 g/mol. The summed E-state index contributed by atoms with van der Waals surface area (Å²) in [4.78, 5) is 16.5. The first-order valence-electron chi connectivity index (χ1n) is 6.70. The summed E-state index contributed by atoms with van der Waals surface area (Å²) in [5.74, 6) is 1.53. The number of nitrogens with zero attached hydrogens (tertiary/aromatic N) is 2. The number of amides is 1. The lowest BCUT2D eigenvalue weighted by molar-refractivity contribution is -0.125. The van der Waals surface area contributed by atoms with Gasteiger partial charge < -0.3 is 9.88 Å². The van der Waals surface area contributed by atoms with Crippen molar-refractivity contribution in [3.8, 4) is 0 Å². The lowest BCUT2D eigenvalue weighted by Crippen LogP contribution is -2.43. The fourth-order valence-corrected chi connectivity index (χ4v) is 2.85. The summed E-state index contributed by atoms with van der Waals surface area (Å²) in [6, 6.07) is 0.263. The van der Waals surface area contributed by atoms with Crippen molar-refractivity contribution in [3.05, 3.63) is 29.9 Å². The standard InChI is InChI=1S/C14H19N3O/c1-10-8-17-9-12(6-7-13(17)15-10)16-14(18)11-4-2-3-5-11/h2-3,8,11-12H,4-7,9H2,1H3,(H,16,18)/t12-/m1/s1. The van der Waals surface area contributed by atoms with Crippen LogP contribution in [-0.2, 0) is 17.8 Å². The van der Waals surface area contributed by atoms with Crippen molar-refractivity contribution >= 4 is 5.91 Å². The smallest absolute Gasteiger partial charge is 0.224 e. The number of fused-ring (bicyclic) bond motifs is 1. The van der Waals surface area contributed by atoms with Crippen LogP contribution in [0, 0.1) is 12.8 Å². The van der Waals surface area contributed by atoms with Gasteiger partial charge >= 0.3 is 0 Å². The summed E-state index contributed by atoms with van der Waals surface area (Å²) < 4.78 is 2.18. The first-order chi connectivity index (χ1) is 8.72. The van der Waals surface area contributed by atoms with Crippen LogP contribution in [-0.4, -0.2) is 21.5 Å². The van der Waals surface area contributed by atoms with Crippen LogP contribution >= 0.6 is 0 Å². The van der Waals surface area contributed by atoms with E-state index in [1.807, 2.05) is 6.92 Å². The Morgan fingerprint density at radius 1 is 1.44 bits per heavy atom. The van der Waals surface area contributed by atoms with Gasteiger partial charge in [0.1, 0.15) is 5.82 Å². The van der Waals surface area contributed by atoms with Gasteiger partial charge in [-0.3, -0.25) is 4.79 Å². The zero-order valence-corrected chi connectivity index (χ0v) is 10.7. The molecule has 18 heavy (non-hydrogen) atoms. The third-order valence-corrected chi connectivity index (χ3v) is 3.84. The van der Waals surface area contributed by atoms with Crippen molar-refractivity contribution in [1.29, 1.82) is 0 Å².